The van der Waals surface area contributed by atoms with Gasteiger partial charge in [-0.1, -0.05) is 92.1 Å². The predicted octanol–water partition coefficient (Wildman–Crippen LogP) is 6.35. The highest BCUT2D eigenvalue weighted by Crippen LogP contribution is 1.96. The van der Waals surface area contributed by atoms with Gasteiger partial charge < -0.3 is 0 Å². The standard InChI is InChI=1S/C8H10.C4H10.C3H8.C2H6/c1-2-8-6-4-3-5-7-8;1-4(2)3;1-3-2;1-2/h3-7H,2H2,1H3;4H,1-3H3;3H2,1-2H3;1-2H3/i;4T;3T;. The molecule has 0 heteroatoms. The molecule has 0 aliphatic rings. The lowest BCUT2D eigenvalue weighted by Crippen LogP contribution is -1.73. The zero-order valence-electron chi connectivity index (χ0n) is 15.2. The minimum Gasteiger partial charge on any atom is -0.0683 e. The third kappa shape index (κ3) is 31.3. The molecule has 0 N–H and O–H groups in total. The highest BCUT2D eigenvalue weighted by Gasteiger charge is 1.79. The summed E-state index contributed by atoms with van der Waals surface area (Å²) in [6, 6.07) is 10.5. The average Bonchev–Trinajstić information content (AvgIpc) is 2.30. The first-order chi connectivity index (χ1) is 8.66. The van der Waals surface area contributed by atoms with Gasteiger partial charge in [-0.15, -0.1) is 0 Å². The second-order valence-corrected chi connectivity index (χ2v) is 3.92. The van der Waals surface area contributed by atoms with Gasteiger partial charge in [0.25, 0.3) is 0 Å². The maximum Gasteiger partial charge on any atom is 0.0294 e. The molecule has 0 bridgehead atoms. The van der Waals surface area contributed by atoms with Crippen molar-refractivity contribution >= 4 is 0 Å². The van der Waals surface area contributed by atoms with Gasteiger partial charge in [-0.3, -0.25) is 0 Å². The Morgan fingerprint density at radius 3 is 1.47 bits per heavy atom. The summed E-state index contributed by atoms with van der Waals surface area (Å²) in [5.41, 5.74) is 1.41. The van der Waals surface area contributed by atoms with Gasteiger partial charge in [-0.2, -0.15) is 0 Å². The molecule has 0 amide bonds. The van der Waals surface area contributed by atoms with Crippen LogP contribution in [-0.4, -0.2) is 0 Å². The first-order valence-corrected chi connectivity index (χ1v) is 6.63. The first-order valence-electron chi connectivity index (χ1n) is 7.70. The Labute approximate surface area is 113 Å². The van der Waals surface area contributed by atoms with Crippen molar-refractivity contribution in [3.8, 4) is 0 Å². The zero-order chi connectivity index (χ0) is 15.9. The summed E-state index contributed by atoms with van der Waals surface area (Å²) in [6.45, 7) is 15.4. The van der Waals surface area contributed by atoms with Gasteiger partial charge in [0.1, 0.15) is 0 Å². The van der Waals surface area contributed by atoms with E-state index >= 15 is 0 Å². The summed E-state index contributed by atoms with van der Waals surface area (Å²) in [4.78, 5) is 0. The van der Waals surface area contributed by atoms with E-state index in [-0.39, 0.29) is 12.3 Å². The van der Waals surface area contributed by atoms with E-state index in [1.54, 1.807) is 0 Å². The Morgan fingerprint density at radius 1 is 1.00 bits per heavy atom. The molecule has 1 aromatic carbocycles. The van der Waals surface area contributed by atoms with Crippen molar-refractivity contribution in [1.29, 1.82) is 0 Å². The second-order valence-electron chi connectivity index (χ2n) is 3.92. The molecule has 0 saturated carbocycles. The van der Waals surface area contributed by atoms with Crippen molar-refractivity contribution in [3.05, 3.63) is 35.9 Å². The molecule has 0 saturated heterocycles. The van der Waals surface area contributed by atoms with Gasteiger partial charge in [0.05, 0.1) is 0 Å². The highest BCUT2D eigenvalue weighted by molar-refractivity contribution is 5.13. The van der Waals surface area contributed by atoms with Crippen LogP contribution in [0.25, 0.3) is 0 Å². The summed E-state index contributed by atoms with van der Waals surface area (Å²) in [7, 11) is 0. The van der Waals surface area contributed by atoms with Crippen molar-refractivity contribution in [3.63, 3.8) is 0 Å². The topological polar surface area (TPSA) is 0 Å². The minimum absolute atomic E-state index is 0.0833. The van der Waals surface area contributed by atoms with Crippen LogP contribution in [0.5, 0.6) is 0 Å². The van der Waals surface area contributed by atoms with Crippen LogP contribution in [0, 0.1) is 5.89 Å². The lowest BCUT2D eigenvalue weighted by molar-refractivity contribution is 0.737. The van der Waals surface area contributed by atoms with E-state index in [4.69, 9.17) is 2.74 Å². The van der Waals surface area contributed by atoms with E-state index in [9.17, 15) is 0 Å². The zero-order valence-corrected chi connectivity index (χ0v) is 13.2. The Hall–Kier alpha value is -0.780. The fourth-order valence-electron chi connectivity index (χ4n) is 0.714. The van der Waals surface area contributed by atoms with E-state index in [1.165, 1.54) is 5.56 Å². The summed E-state index contributed by atoms with van der Waals surface area (Å²) >= 11 is 0. The molecule has 1 aromatic rings. The van der Waals surface area contributed by atoms with Crippen molar-refractivity contribution < 1.29 is 2.74 Å². The molecular formula is C17H34. The van der Waals surface area contributed by atoms with Crippen molar-refractivity contribution in [2.45, 2.75) is 68.2 Å². The third-order valence-corrected chi connectivity index (χ3v) is 1.25. The molecule has 0 nitrogen and oxygen atoms in total. The van der Waals surface area contributed by atoms with Gasteiger partial charge >= 0.3 is 0 Å². The largest absolute Gasteiger partial charge is 0.0683 e. The van der Waals surface area contributed by atoms with E-state index in [1.807, 2.05) is 54.5 Å². The summed E-state index contributed by atoms with van der Waals surface area (Å²) in [5, 5.41) is 0. The normalized spacial score (nSPS) is 10.4. The van der Waals surface area contributed by atoms with Crippen LogP contribution < -0.4 is 0 Å². The molecule has 0 unspecified atom stereocenters. The van der Waals surface area contributed by atoms with Gasteiger partial charge in [0, 0.05) is 2.74 Å². The fourth-order valence-corrected chi connectivity index (χ4v) is 0.714. The molecule has 0 aromatic heterocycles. The van der Waals surface area contributed by atoms with Gasteiger partial charge in [-0.25, -0.2) is 0 Å². The van der Waals surface area contributed by atoms with Gasteiger partial charge in [-0.05, 0) is 17.9 Å². The predicted molar refractivity (Wildman–Crippen MR) is 83.6 cm³/mol. The van der Waals surface area contributed by atoms with Crippen molar-refractivity contribution in [1.82, 2.24) is 0 Å². The second kappa shape index (κ2) is 20.6. The van der Waals surface area contributed by atoms with Crippen LogP contribution in [0.4, 0.5) is 0 Å². The van der Waals surface area contributed by atoms with Crippen LogP contribution in [-0.2, 0) is 6.42 Å². The molecule has 17 heavy (non-hydrogen) atoms. The van der Waals surface area contributed by atoms with Crippen LogP contribution in [0.1, 0.15) is 70.1 Å². The van der Waals surface area contributed by atoms with Crippen LogP contribution in [0.3, 0.4) is 0 Å². The molecule has 0 aliphatic heterocycles. The summed E-state index contributed by atoms with van der Waals surface area (Å²) in [6.07, 6.45) is 1.22. The fraction of sp³-hybridized carbons (Fsp3) is 0.647. The number of aryl methyl sites for hydroxylation is 1. The average molecular weight is 242 g/mol. The Kier molecular flexibility index (Phi) is 19.7. The number of hydrogen-bond donors (Lipinski definition) is 0. The van der Waals surface area contributed by atoms with Crippen LogP contribution in [0.2, 0.25) is 0 Å². The van der Waals surface area contributed by atoms with E-state index < -0.39 is 0 Å². The Bertz CT molecular complexity index is 239. The van der Waals surface area contributed by atoms with E-state index in [2.05, 4.69) is 31.2 Å². The van der Waals surface area contributed by atoms with Gasteiger partial charge in [0.2, 0.25) is 0 Å². The first kappa shape index (κ1) is 16.2. The highest BCUT2D eigenvalue weighted by atomic mass is 13.9. The Morgan fingerprint density at radius 2 is 1.29 bits per heavy atom. The lowest BCUT2D eigenvalue weighted by atomic mass is 10.2. The Balaban J connectivity index is -0.000000203. The molecule has 1 rings (SSSR count). The molecule has 102 valence electrons. The number of benzene rings is 1. The maximum atomic E-state index is 6.94. The molecule has 0 spiro atoms. The quantitative estimate of drug-likeness (QED) is 0.538. The van der Waals surface area contributed by atoms with Crippen LogP contribution >= 0.6 is 0 Å². The van der Waals surface area contributed by atoms with E-state index in [0.717, 1.165) is 6.42 Å². The third-order valence-electron chi connectivity index (χ3n) is 1.25. The molecule has 0 radical (unpaired) electrons. The van der Waals surface area contributed by atoms with Gasteiger partial charge in [0.15, 0.2) is 0 Å². The SMILES string of the molecule is CC.CCc1ccccc1.[3H]C(C)(C)C.[3H]C(C)C. The number of hydrogen-bond acceptors (Lipinski definition) is 0. The monoisotopic (exact) mass is 242 g/mol. The molecular weight excluding hydrogens is 204 g/mol. The molecule has 0 atom stereocenters. The van der Waals surface area contributed by atoms with E-state index in [0.29, 0.717) is 0 Å². The summed E-state index contributed by atoms with van der Waals surface area (Å²) < 4.78 is 13.5. The smallest absolute Gasteiger partial charge is 0.0294 e. The molecule has 0 aliphatic carbocycles. The van der Waals surface area contributed by atoms with Crippen LogP contribution in [0.15, 0.2) is 30.3 Å². The lowest BCUT2D eigenvalue weighted by Gasteiger charge is -1.89. The van der Waals surface area contributed by atoms with Crippen molar-refractivity contribution in [2.75, 3.05) is 0 Å². The molecule has 0 heterocycles. The molecule has 0 fully saturated rings. The van der Waals surface area contributed by atoms with Crippen molar-refractivity contribution in [2.24, 2.45) is 5.89 Å². The number of rotatable bonds is 1. The summed E-state index contributed by atoms with van der Waals surface area (Å²) in [5.74, 6) is -0.250. The maximum absolute atomic E-state index is 6.94. The minimum atomic E-state index is -0.250.